The van der Waals surface area contributed by atoms with Crippen molar-refractivity contribution in [1.29, 1.82) is 0 Å². The summed E-state index contributed by atoms with van der Waals surface area (Å²) in [6.45, 7) is 11.8. The molecule has 0 radical (unpaired) electrons. The Morgan fingerprint density at radius 2 is 1.05 bits per heavy atom. The monoisotopic (exact) mass is 310 g/mol. The predicted molar refractivity (Wildman–Crippen MR) is 103 cm³/mol. The average molecular weight is 311 g/mol. The maximum absolute atomic E-state index is 2.42. The first-order valence-electron chi connectivity index (χ1n) is 10.7. The standard InChI is InChI=1S/C22H46/c1-6-9-10-11-14-18-22(21(8-3)16-7-2)19-15-12-13-17-20(4)5/h20-22H,6-19H2,1-5H3. The molecule has 0 aliphatic heterocycles. The van der Waals surface area contributed by atoms with Gasteiger partial charge in [-0.15, -0.1) is 0 Å². The van der Waals surface area contributed by atoms with Gasteiger partial charge in [0.2, 0.25) is 0 Å². The van der Waals surface area contributed by atoms with Crippen LogP contribution in [0.15, 0.2) is 0 Å². The van der Waals surface area contributed by atoms with Crippen LogP contribution in [0.2, 0.25) is 0 Å². The summed E-state index contributed by atoms with van der Waals surface area (Å²) >= 11 is 0. The molecule has 0 N–H and O–H groups in total. The minimum atomic E-state index is 0.887. The normalized spacial score (nSPS) is 14.5. The van der Waals surface area contributed by atoms with Gasteiger partial charge in [-0.25, -0.2) is 0 Å². The molecule has 0 saturated heterocycles. The van der Waals surface area contributed by atoms with E-state index in [9.17, 15) is 0 Å². The van der Waals surface area contributed by atoms with Gasteiger partial charge in [0.1, 0.15) is 0 Å². The highest BCUT2D eigenvalue weighted by Gasteiger charge is 2.18. The molecule has 0 aromatic rings. The zero-order valence-electron chi connectivity index (χ0n) is 16.6. The Balaban J connectivity index is 4.04. The Morgan fingerprint density at radius 3 is 1.55 bits per heavy atom. The molecule has 2 atom stereocenters. The zero-order chi connectivity index (χ0) is 16.6. The van der Waals surface area contributed by atoms with E-state index in [0.717, 1.165) is 17.8 Å². The van der Waals surface area contributed by atoms with E-state index in [0.29, 0.717) is 0 Å². The van der Waals surface area contributed by atoms with E-state index < -0.39 is 0 Å². The van der Waals surface area contributed by atoms with Crippen LogP contribution in [0, 0.1) is 17.8 Å². The predicted octanol–water partition coefficient (Wildman–Crippen LogP) is 8.40. The summed E-state index contributed by atoms with van der Waals surface area (Å²) in [5.41, 5.74) is 0. The lowest BCUT2D eigenvalue weighted by Gasteiger charge is -2.26. The SMILES string of the molecule is CCCCCCCC(CCCCCC(C)C)C(CC)CCC. The van der Waals surface area contributed by atoms with Crippen LogP contribution in [0.4, 0.5) is 0 Å². The van der Waals surface area contributed by atoms with E-state index in [1.165, 1.54) is 89.9 Å². The van der Waals surface area contributed by atoms with Crippen LogP contribution >= 0.6 is 0 Å². The van der Waals surface area contributed by atoms with Gasteiger partial charge in [0.25, 0.3) is 0 Å². The van der Waals surface area contributed by atoms with Crippen molar-refractivity contribution in [3.05, 3.63) is 0 Å². The van der Waals surface area contributed by atoms with Crippen LogP contribution in [0.5, 0.6) is 0 Å². The largest absolute Gasteiger partial charge is 0.0654 e. The van der Waals surface area contributed by atoms with Crippen molar-refractivity contribution in [2.45, 2.75) is 125 Å². The van der Waals surface area contributed by atoms with E-state index in [2.05, 4.69) is 34.6 Å². The molecule has 0 nitrogen and oxygen atoms in total. The van der Waals surface area contributed by atoms with Gasteiger partial charge in [-0.2, -0.15) is 0 Å². The zero-order valence-corrected chi connectivity index (χ0v) is 16.6. The van der Waals surface area contributed by atoms with E-state index in [-0.39, 0.29) is 0 Å². The topological polar surface area (TPSA) is 0 Å². The summed E-state index contributed by atoms with van der Waals surface area (Å²) in [5.74, 6) is 2.91. The molecular formula is C22H46. The lowest BCUT2D eigenvalue weighted by molar-refractivity contribution is 0.253. The minimum absolute atomic E-state index is 0.887. The summed E-state index contributed by atoms with van der Waals surface area (Å²) in [6, 6.07) is 0. The Bertz CT molecular complexity index is 206. The quantitative estimate of drug-likeness (QED) is 0.251. The van der Waals surface area contributed by atoms with Gasteiger partial charge in [0.15, 0.2) is 0 Å². The number of rotatable bonds is 16. The number of hydrogen-bond acceptors (Lipinski definition) is 0. The Morgan fingerprint density at radius 1 is 0.500 bits per heavy atom. The van der Waals surface area contributed by atoms with Gasteiger partial charge in [-0.05, 0) is 17.8 Å². The van der Waals surface area contributed by atoms with Gasteiger partial charge >= 0.3 is 0 Å². The van der Waals surface area contributed by atoms with Crippen LogP contribution in [0.3, 0.4) is 0 Å². The third-order valence-corrected chi connectivity index (χ3v) is 5.39. The maximum atomic E-state index is 2.42. The van der Waals surface area contributed by atoms with Crippen LogP contribution in [-0.2, 0) is 0 Å². The van der Waals surface area contributed by atoms with E-state index in [1.54, 1.807) is 0 Å². The molecule has 0 spiro atoms. The molecule has 0 saturated carbocycles. The second-order valence-corrected chi connectivity index (χ2v) is 7.95. The van der Waals surface area contributed by atoms with Gasteiger partial charge < -0.3 is 0 Å². The molecule has 0 aliphatic rings. The number of hydrogen-bond donors (Lipinski definition) is 0. The van der Waals surface area contributed by atoms with Crippen molar-refractivity contribution in [2.24, 2.45) is 17.8 Å². The first-order valence-corrected chi connectivity index (χ1v) is 10.7. The summed E-state index contributed by atoms with van der Waals surface area (Å²) in [7, 11) is 0. The smallest absolute Gasteiger partial charge is 0.0386 e. The Labute approximate surface area is 142 Å². The van der Waals surface area contributed by atoms with Gasteiger partial charge in [-0.1, -0.05) is 125 Å². The average Bonchev–Trinajstić information content (AvgIpc) is 2.50. The Kier molecular flexibility index (Phi) is 15.9. The van der Waals surface area contributed by atoms with E-state index in [1.807, 2.05) is 0 Å². The maximum Gasteiger partial charge on any atom is -0.0386 e. The summed E-state index contributed by atoms with van der Waals surface area (Å²) in [6.07, 6.45) is 20.3. The second kappa shape index (κ2) is 15.9. The summed E-state index contributed by atoms with van der Waals surface area (Å²) in [4.78, 5) is 0. The first kappa shape index (κ1) is 22.0. The van der Waals surface area contributed by atoms with Gasteiger partial charge in [0, 0.05) is 0 Å². The highest BCUT2D eigenvalue weighted by molar-refractivity contribution is 4.70. The first-order chi connectivity index (χ1) is 10.7. The summed E-state index contributed by atoms with van der Waals surface area (Å²) in [5, 5.41) is 0. The molecule has 22 heavy (non-hydrogen) atoms. The molecule has 0 fully saturated rings. The molecule has 0 bridgehead atoms. The molecule has 134 valence electrons. The molecule has 0 rings (SSSR count). The fourth-order valence-electron chi connectivity index (χ4n) is 3.91. The number of unbranched alkanes of at least 4 members (excludes halogenated alkanes) is 6. The highest BCUT2D eigenvalue weighted by Crippen LogP contribution is 2.31. The second-order valence-electron chi connectivity index (χ2n) is 7.95. The van der Waals surface area contributed by atoms with Crippen LogP contribution in [0.25, 0.3) is 0 Å². The lowest BCUT2D eigenvalue weighted by atomic mass is 9.79. The van der Waals surface area contributed by atoms with Crippen molar-refractivity contribution in [3.8, 4) is 0 Å². The highest BCUT2D eigenvalue weighted by atomic mass is 14.2. The molecular weight excluding hydrogens is 264 g/mol. The molecule has 0 amide bonds. The fraction of sp³-hybridized carbons (Fsp3) is 1.00. The van der Waals surface area contributed by atoms with Crippen LogP contribution < -0.4 is 0 Å². The van der Waals surface area contributed by atoms with Crippen molar-refractivity contribution < 1.29 is 0 Å². The lowest BCUT2D eigenvalue weighted by Crippen LogP contribution is -2.14. The van der Waals surface area contributed by atoms with Crippen molar-refractivity contribution in [3.63, 3.8) is 0 Å². The van der Waals surface area contributed by atoms with Crippen molar-refractivity contribution >= 4 is 0 Å². The molecule has 0 heteroatoms. The molecule has 0 aliphatic carbocycles. The van der Waals surface area contributed by atoms with E-state index in [4.69, 9.17) is 0 Å². The van der Waals surface area contributed by atoms with Crippen LogP contribution in [0.1, 0.15) is 125 Å². The third kappa shape index (κ3) is 12.5. The third-order valence-electron chi connectivity index (χ3n) is 5.39. The minimum Gasteiger partial charge on any atom is -0.0654 e. The summed E-state index contributed by atoms with van der Waals surface area (Å²) < 4.78 is 0. The molecule has 0 heterocycles. The molecule has 0 aromatic heterocycles. The van der Waals surface area contributed by atoms with Gasteiger partial charge in [-0.3, -0.25) is 0 Å². The van der Waals surface area contributed by atoms with E-state index >= 15 is 0 Å². The van der Waals surface area contributed by atoms with Crippen LogP contribution in [-0.4, -0.2) is 0 Å². The van der Waals surface area contributed by atoms with Crippen molar-refractivity contribution in [2.75, 3.05) is 0 Å². The van der Waals surface area contributed by atoms with Gasteiger partial charge in [0.05, 0.1) is 0 Å². The van der Waals surface area contributed by atoms with Crippen molar-refractivity contribution in [1.82, 2.24) is 0 Å². The molecule has 2 unspecified atom stereocenters. The molecule has 0 aromatic carbocycles. The fourth-order valence-corrected chi connectivity index (χ4v) is 3.91. The Hall–Kier alpha value is 0.